The van der Waals surface area contributed by atoms with Crippen LogP contribution in [0.4, 0.5) is 0 Å². The Bertz CT molecular complexity index is 549. The van der Waals surface area contributed by atoms with Gasteiger partial charge in [0.1, 0.15) is 10.9 Å². The quantitative estimate of drug-likeness (QED) is 0.748. The smallest absolute Gasteiger partial charge is 0.255 e. The third-order valence-corrected chi connectivity index (χ3v) is 2.33. The average Bonchev–Trinajstić information content (AvgIpc) is 2.31. The van der Waals surface area contributed by atoms with Gasteiger partial charge >= 0.3 is 0 Å². The van der Waals surface area contributed by atoms with Crippen molar-refractivity contribution in [3.05, 3.63) is 52.2 Å². The molecule has 0 atom stereocenters. The molecule has 0 aliphatic carbocycles. The number of aromatic nitrogens is 2. The summed E-state index contributed by atoms with van der Waals surface area (Å²) in [5.41, 5.74) is 0.498. The molecule has 0 radical (unpaired) electrons. The molecule has 0 saturated heterocycles. The number of hydrogen-bond acceptors (Lipinski definition) is 3. The zero-order chi connectivity index (χ0) is 11.5. The van der Waals surface area contributed by atoms with Crippen LogP contribution < -0.4 is 10.3 Å². The molecule has 0 unspecified atom stereocenters. The molecule has 4 nitrogen and oxygen atoms in total. The molecule has 2 heterocycles. The van der Waals surface area contributed by atoms with Crippen molar-refractivity contribution in [2.24, 2.45) is 0 Å². The SMILES string of the molecule is COc1ccc(=O)n(-c2ccc(Cl)nc2)c1. The standard InChI is InChI=1S/C11H9ClN2O2/c1-16-9-3-5-11(15)14(7-9)8-2-4-10(12)13-6-8/h2-7H,1H3. The first-order chi connectivity index (χ1) is 7.70. The predicted molar refractivity (Wildman–Crippen MR) is 61.4 cm³/mol. The van der Waals surface area contributed by atoms with E-state index in [-0.39, 0.29) is 5.56 Å². The van der Waals surface area contributed by atoms with Crippen molar-refractivity contribution in [3.8, 4) is 11.4 Å². The highest BCUT2D eigenvalue weighted by Gasteiger charge is 2.01. The first-order valence-electron chi connectivity index (χ1n) is 4.59. The Morgan fingerprint density at radius 1 is 1.31 bits per heavy atom. The van der Waals surface area contributed by atoms with Crippen LogP contribution in [-0.2, 0) is 0 Å². The highest BCUT2D eigenvalue weighted by atomic mass is 35.5. The summed E-state index contributed by atoms with van der Waals surface area (Å²) in [5, 5.41) is 0.389. The molecule has 0 spiro atoms. The molecule has 0 aromatic carbocycles. The second-order valence-electron chi connectivity index (χ2n) is 3.12. The summed E-state index contributed by atoms with van der Waals surface area (Å²) in [6.45, 7) is 0. The lowest BCUT2D eigenvalue weighted by Gasteiger charge is -2.06. The molecular formula is C11H9ClN2O2. The predicted octanol–water partition coefficient (Wildman–Crippen LogP) is 1.89. The molecule has 82 valence electrons. The average molecular weight is 237 g/mol. The third-order valence-electron chi connectivity index (χ3n) is 2.11. The van der Waals surface area contributed by atoms with Gasteiger partial charge in [-0.2, -0.15) is 0 Å². The highest BCUT2D eigenvalue weighted by Crippen LogP contribution is 2.12. The van der Waals surface area contributed by atoms with Crippen molar-refractivity contribution in [2.75, 3.05) is 7.11 Å². The van der Waals surface area contributed by atoms with Crippen molar-refractivity contribution in [3.63, 3.8) is 0 Å². The van der Waals surface area contributed by atoms with E-state index in [1.165, 1.54) is 16.8 Å². The van der Waals surface area contributed by atoms with Crippen molar-refractivity contribution in [1.82, 2.24) is 9.55 Å². The highest BCUT2D eigenvalue weighted by molar-refractivity contribution is 6.29. The Labute approximate surface area is 97.1 Å². The third kappa shape index (κ3) is 2.06. The van der Waals surface area contributed by atoms with Crippen LogP contribution in [0.25, 0.3) is 5.69 Å². The second kappa shape index (κ2) is 4.37. The first kappa shape index (κ1) is 10.7. The number of rotatable bonds is 2. The molecule has 0 aliphatic rings. The van der Waals surface area contributed by atoms with Gasteiger partial charge in [0.25, 0.3) is 5.56 Å². The van der Waals surface area contributed by atoms with Crippen LogP contribution in [0.5, 0.6) is 5.75 Å². The molecule has 0 fully saturated rings. The molecule has 0 amide bonds. The Hall–Kier alpha value is -1.81. The summed E-state index contributed by atoms with van der Waals surface area (Å²) in [5.74, 6) is 0.606. The Kier molecular flexibility index (Phi) is 2.92. The van der Waals surface area contributed by atoms with E-state index in [0.717, 1.165) is 0 Å². The summed E-state index contributed by atoms with van der Waals surface area (Å²) >= 11 is 5.67. The van der Waals surface area contributed by atoms with Crippen molar-refractivity contribution >= 4 is 11.6 Å². The molecule has 0 aliphatic heterocycles. The summed E-state index contributed by atoms with van der Waals surface area (Å²) in [4.78, 5) is 15.5. The molecule has 5 heteroatoms. The van der Waals surface area contributed by atoms with Crippen LogP contribution in [0.2, 0.25) is 5.15 Å². The van der Waals surface area contributed by atoms with E-state index in [1.807, 2.05) is 0 Å². The molecular weight excluding hydrogens is 228 g/mol. The van der Waals surface area contributed by atoms with E-state index in [2.05, 4.69) is 4.98 Å². The van der Waals surface area contributed by atoms with Crippen molar-refractivity contribution in [2.45, 2.75) is 0 Å². The fraction of sp³-hybridized carbons (Fsp3) is 0.0909. The lowest BCUT2D eigenvalue weighted by atomic mass is 10.3. The topological polar surface area (TPSA) is 44.1 Å². The van der Waals surface area contributed by atoms with Gasteiger partial charge in [0, 0.05) is 6.07 Å². The number of pyridine rings is 2. The van der Waals surface area contributed by atoms with Gasteiger partial charge in [0.15, 0.2) is 0 Å². The Morgan fingerprint density at radius 3 is 2.75 bits per heavy atom. The number of ether oxygens (including phenoxy) is 1. The summed E-state index contributed by atoms with van der Waals surface area (Å²) < 4.78 is 6.50. The van der Waals surface area contributed by atoms with E-state index in [1.54, 1.807) is 31.5 Å². The van der Waals surface area contributed by atoms with E-state index in [4.69, 9.17) is 16.3 Å². The molecule has 16 heavy (non-hydrogen) atoms. The lowest BCUT2D eigenvalue weighted by molar-refractivity contribution is 0.411. The first-order valence-corrected chi connectivity index (χ1v) is 4.97. The fourth-order valence-electron chi connectivity index (χ4n) is 1.30. The van der Waals surface area contributed by atoms with Gasteiger partial charge in [0.05, 0.1) is 25.2 Å². The molecule has 0 bridgehead atoms. The van der Waals surface area contributed by atoms with Crippen molar-refractivity contribution < 1.29 is 4.74 Å². The molecule has 0 saturated carbocycles. The minimum atomic E-state index is -0.148. The summed E-state index contributed by atoms with van der Waals surface area (Å²) in [6.07, 6.45) is 3.14. The van der Waals surface area contributed by atoms with Gasteiger partial charge in [-0.25, -0.2) is 4.98 Å². The van der Waals surface area contributed by atoms with Crippen LogP contribution in [0.15, 0.2) is 41.5 Å². The molecule has 2 aromatic heterocycles. The van der Waals surface area contributed by atoms with E-state index in [0.29, 0.717) is 16.6 Å². The van der Waals surface area contributed by atoms with Gasteiger partial charge in [0.2, 0.25) is 0 Å². The largest absolute Gasteiger partial charge is 0.495 e. The van der Waals surface area contributed by atoms with E-state index < -0.39 is 0 Å². The Balaban J connectivity index is 2.54. The minimum absolute atomic E-state index is 0.148. The molecule has 2 aromatic rings. The van der Waals surface area contributed by atoms with Crippen LogP contribution in [0.3, 0.4) is 0 Å². The zero-order valence-corrected chi connectivity index (χ0v) is 9.31. The fourth-order valence-corrected chi connectivity index (χ4v) is 1.41. The van der Waals surface area contributed by atoms with Gasteiger partial charge in [-0.1, -0.05) is 11.6 Å². The summed E-state index contributed by atoms with van der Waals surface area (Å²) in [6, 6.07) is 6.40. The van der Waals surface area contributed by atoms with E-state index >= 15 is 0 Å². The zero-order valence-electron chi connectivity index (χ0n) is 8.55. The maximum atomic E-state index is 11.6. The molecule has 2 rings (SSSR count). The van der Waals surface area contributed by atoms with Gasteiger partial charge < -0.3 is 4.74 Å². The number of nitrogens with zero attached hydrogens (tertiary/aromatic N) is 2. The van der Waals surface area contributed by atoms with Gasteiger partial charge in [-0.05, 0) is 18.2 Å². The van der Waals surface area contributed by atoms with Crippen LogP contribution in [0, 0.1) is 0 Å². The normalized spacial score (nSPS) is 10.1. The number of hydrogen-bond donors (Lipinski definition) is 0. The van der Waals surface area contributed by atoms with Gasteiger partial charge in [-0.3, -0.25) is 9.36 Å². The molecule has 0 N–H and O–H groups in total. The lowest BCUT2D eigenvalue weighted by Crippen LogP contribution is -2.16. The number of methoxy groups -OCH3 is 1. The summed E-state index contributed by atoms with van der Waals surface area (Å²) in [7, 11) is 1.55. The van der Waals surface area contributed by atoms with Crippen molar-refractivity contribution in [1.29, 1.82) is 0 Å². The van der Waals surface area contributed by atoms with Crippen LogP contribution in [-0.4, -0.2) is 16.7 Å². The maximum absolute atomic E-state index is 11.6. The van der Waals surface area contributed by atoms with Crippen LogP contribution in [0.1, 0.15) is 0 Å². The monoisotopic (exact) mass is 236 g/mol. The number of halogens is 1. The van der Waals surface area contributed by atoms with E-state index in [9.17, 15) is 4.79 Å². The van der Waals surface area contributed by atoms with Crippen LogP contribution >= 0.6 is 11.6 Å². The Morgan fingerprint density at radius 2 is 2.12 bits per heavy atom. The van der Waals surface area contributed by atoms with Gasteiger partial charge in [-0.15, -0.1) is 0 Å². The second-order valence-corrected chi connectivity index (χ2v) is 3.50. The minimum Gasteiger partial charge on any atom is -0.495 e. The maximum Gasteiger partial charge on any atom is 0.255 e.